The summed E-state index contributed by atoms with van der Waals surface area (Å²) in [5.74, 6) is -0.827. The molecule has 0 aliphatic carbocycles. The zero-order valence-corrected chi connectivity index (χ0v) is 6.08. The number of hydroxylamine groups is 2. The third-order valence-electron chi connectivity index (χ3n) is 1.39. The Hall–Kier alpha value is -0.940. The first-order valence-electron chi connectivity index (χ1n) is 3.45. The van der Waals surface area contributed by atoms with Gasteiger partial charge in [0.15, 0.2) is 0 Å². The van der Waals surface area contributed by atoms with Gasteiger partial charge >= 0.3 is 5.97 Å². The van der Waals surface area contributed by atoms with Crippen molar-refractivity contribution in [2.24, 2.45) is 0 Å². The van der Waals surface area contributed by atoms with Crippen molar-refractivity contribution in [3.05, 3.63) is 0 Å². The highest BCUT2D eigenvalue weighted by atomic mass is 16.7. The second-order valence-electron chi connectivity index (χ2n) is 2.21. The van der Waals surface area contributed by atoms with Crippen LogP contribution in [0.4, 0.5) is 0 Å². The van der Waals surface area contributed by atoms with Crippen LogP contribution in [0.15, 0.2) is 0 Å². The third kappa shape index (κ3) is 2.65. The summed E-state index contributed by atoms with van der Waals surface area (Å²) in [6.07, 6.45) is 0.169. The van der Waals surface area contributed by atoms with Gasteiger partial charge in [-0.2, -0.15) is 0 Å². The van der Waals surface area contributed by atoms with E-state index in [0.29, 0.717) is 13.1 Å². The molecule has 0 radical (unpaired) electrons. The van der Waals surface area contributed by atoms with Crippen LogP contribution in [0.3, 0.4) is 0 Å². The molecular weight excluding hydrogens is 148 g/mol. The Morgan fingerprint density at radius 1 is 1.45 bits per heavy atom. The maximum Gasteiger partial charge on any atom is 0.390 e. The van der Waals surface area contributed by atoms with Crippen LogP contribution in [-0.4, -0.2) is 43.5 Å². The maximum absolute atomic E-state index is 10.4. The number of nitrogens with zero attached hydrogens (tertiary/aromatic N) is 1. The molecule has 0 aromatic rings. The summed E-state index contributed by atoms with van der Waals surface area (Å²) in [5.41, 5.74) is 0. The zero-order valence-electron chi connectivity index (χ0n) is 6.08. The number of aldehydes is 1. The molecule has 0 spiro atoms. The van der Waals surface area contributed by atoms with Gasteiger partial charge in [-0.05, 0) is 0 Å². The molecule has 0 aromatic carbocycles. The highest BCUT2D eigenvalue weighted by Crippen LogP contribution is 1.92. The molecule has 0 aromatic heterocycles. The second kappa shape index (κ2) is 4.05. The lowest BCUT2D eigenvalue weighted by atomic mass is 10.4. The molecular formula is C6H10N2O3. The molecule has 0 amide bonds. The lowest BCUT2D eigenvalue weighted by Crippen LogP contribution is -2.44. The largest absolute Gasteiger partial charge is 0.390 e. The third-order valence-corrected chi connectivity index (χ3v) is 1.39. The molecule has 11 heavy (non-hydrogen) atoms. The number of rotatable bonds is 2. The maximum atomic E-state index is 10.4. The fourth-order valence-electron chi connectivity index (χ4n) is 0.884. The summed E-state index contributed by atoms with van der Waals surface area (Å²) in [6.45, 7) is 2.84. The number of hydrogen-bond acceptors (Lipinski definition) is 5. The Balaban J connectivity index is 2.24. The van der Waals surface area contributed by atoms with Crippen molar-refractivity contribution in [2.75, 3.05) is 26.2 Å². The molecule has 1 saturated heterocycles. The van der Waals surface area contributed by atoms with Crippen LogP contribution >= 0.6 is 0 Å². The SMILES string of the molecule is O=CC(=O)ON1CCNCC1. The van der Waals surface area contributed by atoms with Crippen LogP contribution in [0.1, 0.15) is 0 Å². The molecule has 1 heterocycles. The number of carbonyl (C=O) groups excluding carboxylic acids is 2. The number of carbonyl (C=O) groups is 2. The van der Waals surface area contributed by atoms with Crippen molar-refractivity contribution in [3.8, 4) is 0 Å². The predicted molar refractivity (Wildman–Crippen MR) is 36.6 cm³/mol. The standard InChI is InChI=1S/C6H10N2O3/c9-5-6(10)11-8-3-1-7-2-4-8/h5,7H,1-4H2. The fraction of sp³-hybridized carbons (Fsp3) is 0.667. The van der Waals surface area contributed by atoms with Gasteiger partial charge in [-0.3, -0.25) is 4.79 Å². The summed E-state index contributed by atoms with van der Waals surface area (Å²) >= 11 is 0. The minimum absolute atomic E-state index is 0.169. The van der Waals surface area contributed by atoms with E-state index in [4.69, 9.17) is 0 Å². The van der Waals surface area contributed by atoms with Gasteiger partial charge in [0.1, 0.15) is 0 Å². The van der Waals surface area contributed by atoms with E-state index in [1.165, 1.54) is 5.06 Å². The first kappa shape index (κ1) is 8.16. The van der Waals surface area contributed by atoms with Crippen LogP contribution in [0, 0.1) is 0 Å². The van der Waals surface area contributed by atoms with E-state index in [-0.39, 0.29) is 6.29 Å². The van der Waals surface area contributed by atoms with Gasteiger partial charge < -0.3 is 10.2 Å². The minimum atomic E-state index is -0.827. The molecule has 1 N–H and O–H groups in total. The van der Waals surface area contributed by atoms with Crippen molar-refractivity contribution in [1.29, 1.82) is 0 Å². The molecule has 1 fully saturated rings. The van der Waals surface area contributed by atoms with Crippen molar-refractivity contribution < 1.29 is 14.4 Å². The summed E-state index contributed by atoms with van der Waals surface area (Å²) in [7, 11) is 0. The Kier molecular flexibility index (Phi) is 3.00. The van der Waals surface area contributed by atoms with Gasteiger partial charge in [-0.1, -0.05) is 0 Å². The van der Waals surface area contributed by atoms with E-state index < -0.39 is 5.97 Å². The lowest BCUT2D eigenvalue weighted by Gasteiger charge is -2.24. The van der Waals surface area contributed by atoms with E-state index in [1.54, 1.807) is 0 Å². The summed E-state index contributed by atoms with van der Waals surface area (Å²) < 4.78 is 0. The highest BCUT2D eigenvalue weighted by molar-refractivity contribution is 6.20. The second-order valence-corrected chi connectivity index (χ2v) is 2.21. The zero-order chi connectivity index (χ0) is 8.10. The predicted octanol–water partition coefficient (Wildman–Crippen LogP) is -1.45. The van der Waals surface area contributed by atoms with Crippen LogP contribution in [0.25, 0.3) is 0 Å². The first-order valence-corrected chi connectivity index (χ1v) is 3.45. The normalized spacial score (nSPS) is 19.3. The van der Waals surface area contributed by atoms with Crippen molar-refractivity contribution in [3.63, 3.8) is 0 Å². The number of nitrogens with one attached hydrogen (secondary N) is 1. The van der Waals surface area contributed by atoms with Crippen LogP contribution in [0.2, 0.25) is 0 Å². The van der Waals surface area contributed by atoms with E-state index in [9.17, 15) is 9.59 Å². The van der Waals surface area contributed by atoms with Crippen molar-refractivity contribution in [1.82, 2.24) is 10.4 Å². The quantitative estimate of drug-likeness (QED) is 0.393. The Morgan fingerprint density at radius 3 is 2.64 bits per heavy atom. The number of piperazine rings is 1. The fourth-order valence-corrected chi connectivity index (χ4v) is 0.884. The van der Waals surface area contributed by atoms with Gasteiger partial charge in [0, 0.05) is 26.2 Å². The van der Waals surface area contributed by atoms with Gasteiger partial charge in [0.05, 0.1) is 0 Å². The van der Waals surface area contributed by atoms with Crippen molar-refractivity contribution in [2.45, 2.75) is 0 Å². The molecule has 0 saturated carbocycles. The van der Waals surface area contributed by atoms with Gasteiger partial charge in [0.2, 0.25) is 6.29 Å². The van der Waals surface area contributed by atoms with Crippen LogP contribution in [-0.2, 0) is 14.4 Å². The topological polar surface area (TPSA) is 58.6 Å². The number of hydrogen-bond donors (Lipinski definition) is 1. The smallest absolute Gasteiger partial charge is 0.362 e. The average molecular weight is 158 g/mol. The monoisotopic (exact) mass is 158 g/mol. The average Bonchev–Trinajstić information content (AvgIpc) is 2.06. The molecule has 0 bridgehead atoms. The van der Waals surface area contributed by atoms with E-state index in [1.807, 2.05) is 0 Å². The van der Waals surface area contributed by atoms with Crippen molar-refractivity contribution >= 4 is 12.3 Å². The minimum Gasteiger partial charge on any atom is -0.362 e. The molecule has 1 aliphatic rings. The Morgan fingerprint density at radius 2 is 2.09 bits per heavy atom. The molecule has 0 atom stereocenters. The van der Waals surface area contributed by atoms with E-state index in [0.717, 1.165) is 13.1 Å². The summed E-state index contributed by atoms with van der Waals surface area (Å²) in [4.78, 5) is 24.9. The molecule has 5 nitrogen and oxygen atoms in total. The van der Waals surface area contributed by atoms with Crippen LogP contribution in [0.5, 0.6) is 0 Å². The molecule has 5 heteroatoms. The van der Waals surface area contributed by atoms with Gasteiger partial charge in [-0.25, -0.2) is 4.79 Å². The van der Waals surface area contributed by atoms with E-state index >= 15 is 0 Å². The Bertz CT molecular complexity index is 154. The molecule has 62 valence electrons. The lowest BCUT2D eigenvalue weighted by molar-refractivity contribution is -0.191. The molecule has 0 unspecified atom stereocenters. The van der Waals surface area contributed by atoms with E-state index in [2.05, 4.69) is 10.2 Å². The van der Waals surface area contributed by atoms with Gasteiger partial charge in [-0.15, -0.1) is 5.06 Å². The van der Waals surface area contributed by atoms with Crippen LogP contribution < -0.4 is 5.32 Å². The molecule has 1 aliphatic heterocycles. The summed E-state index contributed by atoms with van der Waals surface area (Å²) in [6, 6.07) is 0. The first-order chi connectivity index (χ1) is 5.33. The van der Waals surface area contributed by atoms with Gasteiger partial charge in [0.25, 0.3) is 0 Å². The summed E-state index contributed by atoms with van der Waals surface area (Å²) in [5, 5.41) is 4.56. The Labute approximate surface area is 64.3 Å². The molecule has 1 rings (SSSR count). The highest BCUT2D eigenvalue weighted by Gasteiger charge is 2.13.